The lowest BCUT2D eigenvalue weighted by Gasteiger charge is -2.37. The number of aliphatic hydroxyl groups is 8. The predicted molar refractivity (Wildman–Crippen MR) is 319 cm³/mol. The number of carbonyl (C=O) groups excluding carboxylic acids is 8. The van der Waals surface area contributed by atoms with E-state index in [0.717, 1.165) is 67.9 Å². The summed E-state index contributed by atoms with van der Waals surface area (Å²) in [6, 6.07) is 4.37. The molecule has 3 aromatic rings. The number of aliphatic hydroxyl groups excluding tert-OH is 8. The van der Waals surface area contributed by atoms with Gasteiger partial charge in [0.25, 0.3) is 18.2 Å². The van der Waals surface area contributed by atoms with Crippen LogP contribution in [0.3, 0.4) is 0 Å². The van der Waals surface area contributed by atoms with Crippen molar-refractivity contribution in [2.75, 3.05) is 55.7 Å². The number of phenols is 1. The second kappa shape index (κ2) is 32.6. The monoisotopic (exact) mass is 1300 g/mol. The number of nitrogens with one attached hydrogen (secondary N) is 5. The van der Waals surface area contributed by atoms with Gasteiger partial charge in [-0.1, -0.05) is 48.5 Å². The predicted octanol–water partition coefficient (Wildman–Crippen LogP) is -3.33. The first kappa shape index (κ1) is 70.8. The van der Waals surface area contributed by atoms with Gasteiger partial charge in [-0.3, -0.25) is 38.4 Å². The van der Waals surface area contributed by atoms with E-state index in [-0.39, 0.29) is 23.5 Å². The molecule has 4 aliphatic heterocycles. The molecule has 4 aliphatic rings. The van der Waals surface area contributed by atoms with Crippen LogP contribution in [0.4, 0.5) is 11.4 Å². The first-order chi connectivity index (χ1) is 43.3. The molecule has 0 aliphatic carbocycles. The van der Waals surface area contributed by atoms with Gasteiger partial charge in [0.05, 0.1) is 37.4 Å². The number of carbonyl (C=O) groups is 8. The van der Waals surface area contributed by atoms with Crippen LogP contribution in [-0.4, -0.2) is 233 Å². The van der Waals surface area contributed by atoms with E-state index < -0.39 is 182 Å². The minimum absolute atomic E-state index is 0.00491. The van der Waals surface area contributed by atoms with E-state index in [0.29, 0.717) is 42.6 Å². The fourth-order valence-electron chi connectivity index (χ4n) is 11.2. The quantitative estimate of drug-likeness (QED) is 0.0215. The minimum Gasteiger partial charge on any atom is -0.504 e. The first-order valence-corrected chi connectivity index (χ1v) is 30.3. The number of nitrogens with two attached hydrogens (primary N) is 1. The Morgan fingerprint density at radius 1 is 0.736 bits per heavy atom. The number of benzene rings is 3. The summed E-state index contributed by atoms with van der Waals surface area (Å²) < 4.78 is 15.1. The normalized spacial score (nSPS) is 27.0. The lowest BCUT2D eigenvalue weighted by Crippen LogP contribution is -2.64. The number of amides is 8. The Bertz CT molecular complexity index is 3000. The summed E-state index contributed by atoms with van der Waals surface area (Å²) in [4.78, 5) is 119. The van der Waals surface area contributed by atoms with Crippen LogP contribution in [0.1, 0.15) is 87.7 Å². The van der Waals surface area contributed by atoms with Crippen molar-refractivity contribution >= 4 is 71.0 Å². The molecule has 0 radical (unpaired) electrons. The van der Waals surface area contributed by atoms with Crippen molar-refractivity contribution in [2.45, 2.75) is 151 Å². The number of fused-ring (bicyclic) bond motifs is 2. The van der Waals surface area contributed by atoms with Crippen molar-refractivity contribution < 1.29 is 108 Å². The Balaban J connectivity index is 1.17. The molecule has 3 aromatic carbocycles. The molecule has 15 atom stereocenters. The van der Waals surface area contributed by atoms with Crippen molar-refractivity contribution in [2.24, 2.45) is 11.7 Å². The number of aromatic hydroxyl groups is 1. The van der Waals surface area contributed by atoms with Crippen LogP contribution >= 0.6 is 12.3 Å². The Hall–Kier alpha value is -7.67. The van der Waals surface area contributed by atoms with Crippen LogP contribution < -0.4 is 51.0 Å². The van der Waals surface area contributed by atoms with Crippen LogP contribution in [0.5, 0.6) is 17.2 Å². The number of hydrogen-bond donors (Lipinski definition) is 16. The molecular formula is C58H80N10O22S. The maximum absolute atomic E-state index is 14.7. The average molecular weight is 1300 g/mol. The molecule has 4 fully saturated rings. The second-order valence-electron chi connectivity index (χ2n) is 22.9. The number of rotatable bonds is 21. The van der Waals surface area contributed by atoms with Crippen molar-refractivity contribution in [1.29, 1.82) is 0 Å². The fourth-order valence-corrected chi connectivity index (χ4v) is 11.5. The van der Waals surface area contributed by atoms with Gasteiger partial charge in [0.2, 0.25) is 41.4 Å². The van der Waals surface area contributed by atoms with Gasteiger partial charge in [0.1, 0.15) is 60.3 Å². The summed E-state index contributed by atoms with van der Waals surface area (Å²) in [7, 11) is 0. The van der Waals surface area contributed by atoms with E-state index in [4.69, 9.17) is 19.9 Å². The molecule has 17 N–H and O–H groups in total. The van der Waals surface area contributed by atoms with E-state index in [9.17, 15) is 84.3 Å². The number of hydrogen-bond acceptors (Lipinski definition) is 25. The number of primary amides is 1. The lowest BCUT2D eigenvalue weighted by molar-refractivity contribution is -0.433. The highest BCUT2D eigenvalue weighted by molar-refractivity contribution is 7.90. The van der Waals surface area contributed by atoms with Gasteiger partial charge in [0.15, 0.2) is 17.7 Å². The highest BCUT2D eigenvalue weighted by Crippen LogP contribution is 2.34. The molecule has 4 heterocycles. The Labute approximate surface area is 526 Å². The van der Waals surface area contributed by atoms with E-state index in [1.807, 2.05) is 24.3 Å². The largest absolute Gasteiger partial charge is 0.504 e. The molecule has 91 heavy (non-hydrogen) atoms. The molecule has 500 valence electrons. The molecule has 33 heteroatoms. The zero-order valence-electron chi connectivity index (χ0n) is 50.1. The molecule has 7 rings (SSSR count). The third-order valence-corrected chi connectivity index (χ3v) is 16.7. The molecular weight excluding hydrogens is 1220 g/mol. The molecule has 0 spiro atoms. The van der Waals surface area contributed by atoms with Gasteiger partial charge in [0, 0.05) is 75.0 Å². The maximum atomic E-state index is 14.7. The van der Waals surface area contributed by atoms with Gasteiger partial charge in [-0.15, -0.1) is 0 Å². The van der Waals surface area contributed by atoms with E-state index in [1.165, 1.54) is 19.1 Å². The molecule has 8 amide bonds. The number of nitrogens with zero attached hydrogens (tertiary/aromatic N) is 4. The molecule has 4 saturated heterocycles. The molecule has 0 saturated carbocycles. The van der Waals surface area contributed by atoms with Crippen LogP contribution in [0.15, 0.2) is 66.7 Å². The second-order valence-corrected chi connectivity index (χ2v) is 23.3. The first-order valence-electron chi connectivity index (χ1n) is 29.6. The van der Waals surface area contributed by atoms with Gasteiger partial charge in [-0.05, 0) is 79.6 Å². The Morgan fingerprint density at radius 2 is 1.35 bits per heavy atom. The number of phenolic OH excluding ortho intramolecular Hbond substituents is 1. The zero-order valence-corrected chi connectivity index (χ0v) is 50.9. The fraction of sp³-hybridized carbons (Fsp3) is 0.552. The number of ether oxygens (including phenoxy) is 1. The Kier molecular flexibility index (Phi) is 25.3. The zero-order chi connectivity index (χ0) is 66.4. The smallest absolute Gasteiger partial charge is 0.261 e. The third-order valence-electron chi connectivity index (χ3n) is 16.3. The van der Waals surface area contributed by atoms with Gasteiger partial charge >= 0.3 is 0 Å². The van der Waals surface area contributed by atoms with Crippen LogP contribution in [0.25, 0.3) is 0 Å². The van der Waals surface area contributed by atoms with E-state index in [1.54, 1.807) is 12.1 Å². The topological polar surface area (TPSA) is 475 Å². The maximum Gasteiger partial charge on any atom is 0.261 e. The van der Waals surface area contributed by atoms with Gasteiger partial charge in [-0.25, -0.2) is 5.26 Å². The highest BCUT2D eigenvalue weighted by Gasteiger charge is 2.51. The highest BCUT2D eigenvalue weighted by atomic mass is 32.2. The molecule has 0 bridgehead atoms. The molecule has 14 unspecified atom stereocenters. The van der Waals surface area contributed by atoms with Crippen LogP contribution in [-0.2, 0) is 42.9 Å². The van der Waals surface area contributed by atoms with Crippen LogP contribution in [0, 0.1) is 5.92 Å². The number of anilines is 2. The number of piperazine rings is 1. The number of unbranched alkanes of at least 4 members (excludes halogenated alkanes) is 3. The van der Waals surface area contributed by atoms with Gasteiger partial charge in [-0.2, -0.15) is 0 Å². The van der Waals surface area contributed by atoms with E-state index in [2.05, 4.69) is 52.7 Å². The van der Waals surface area contributed by atoms with Crippen molar-refractivity contribution in [3.8, 4) is 17.2 Å². The van der Waals surface area contributed by atoms with Crippen LogP contribution in [0.2, 0.25) is 0 Å². The molecule has 32 nitrogen and oxygen atoms in total. The summed E-state index contributed by atoms with van der Waals surface area (Å²) in [5, 5.41) is 125. The Morgan fingerprint density at radius 3 is 1.97 bits per heavy atom. The average Bonchev–Trinajstić information content (AvgIpc) is 1.78. The van der Waals surface area contributed by atoms with Crippen molar-refractivity contribution in [1.82, 2.24) is 36.4 Å². The third kappa shape index (κ3) is 18.1. The summed E-state index contributed by atoms with van der Waals surface area (Å²) in [6.07, 6.45) is -15.1. The lowest BCUT2D eigenvalue weighted by atomic mass is 9.96. The van der Waals surface area contributed by atoms with Crippen molar-refractivity contribution in [3.63, 3.8) is 0 Å². The SMILES string of the molecule is CCCCCCOc1ccc(N2CCN(c3ccc(C(=O)N[C@H]4CC(O)C(O)NC(=O)C5C(O)C(C)CN5C(=O)C(C(O)CC(N)=O)NC(=O)C(C(O)C(O)c5ccc(O)c(OSOOO)c5)NC(=O)C5CC(O)CN5C(=O)C(C(C)O)NC4=O)cc3)CC2)cc1. The summed E-state index contributed by atoms with van der Waals surface area (Å²) in [6.45, 7) is 6.63. The van der Waals surface area contributed by atoms with Crippen molar-refractivity contribution in [3.05, 3.63) is 77.9 Å². The van der Waals surface area contributed by atoms with E-state index >= 15 is 0 Å². The standard InChI is InChI=1S/C58H80N10O22S/c1-4-5-6-7-22-87-36-15-13-34(14-16-36)66-20-18-65(19-21-66)33-11-8-31(9-12-33)51(78)60-37-25-41(73)54(81)64-56(83)47-48(75)29(2)27-68(47)58(85)45(40(72)26-43(59)74)62-55(82)46(50(77)49(76)32-10-17-39(71)42(23-32)88-91-90-89-86)63-53(80)38-24-35(70)28-67(38)57(84)44(30(3)69)61-52(37)79/h8-17,23,29-30,35,37-38,40-41,44-50,54,69-73,75-77,81,86H,4-7,18-22,24-28H2,1-3H3,(H2,59,74)(H,60,78)(H,61,79)(H,62,82)(H,63,80)(H,64,83)/t29?,30?,35?,37-,38?,40?,41?,44?,45?,46?,47?,48?,49?,50?,54?/m0/s1. The molecule has 0 aromatic heterocycles. The van der Waals surface area contributed by atoms with Gasteiger partial charge < -0.3 is 107 Å². The summed E-state index contributed by atoms with van der Waals surface area (Å²) in [5.41, 5.74) is 6.80. The summed E-state index contributed by atoms with van der Waals surface area (Å²) in [5.74, 6) is -11.8. The summed E-state index contributed by atoms with van der Waals surface area (Å²) >= 11 is -0.0312. The minimum atomic E-state index is -2.55.